The highest BCUT2D eigenvalue weighted by molar-refractivity contribution is 5.87. The van der Waals surface area contributed by atoms with E-state index in [-0.39, 0.29) is 12.6 Å². The van der Waals surface area contributed by atoms with E-state index in [0.717, 1.165) is 17.5 Å². The van der Waals surface area contributed by atoms with Gasteiger partial charge in [0.2, 0.25) is 5.91 Å². The van der Waals surface area contributed by atoms with Crippen LogP contribution in [0.15, 0.2) is 10.9 Å². The summed E-state index contributed by atoms with van der Waals surface area (Å²) in [5, 5.41) is 15.5. The molecule has 1 aliphatic heterocycles. The van der Waals surface area contributed by atoms with E-state index in [1.807, 2.05) is 0 Å². The van der Waals surface area contributed by atoms with Crippen molar-refractivity contribution in [3.05, 3.63) is 27.7 Å². The molecule has 2 N–H and O–H groups in total. The molecule has 0 saturated carbocycles. The van der Waals surface area contributed by atoms with E-state index in [2.05, 4.69) is 10.4 Å². The van der Waals surface area contributed by atoms with Gasteiger partial charge in [0, 0.05) is 13.2 Å². The maximum absolute atomic E-state index is 11.9. The van der Waals surface area contributed by atoms with E-state index in [4.69, 9.17) is 9.84 Å². The molecule has 1 atom stereocenters. The Labute approximate surface area is 120 Å². The number of amides is 1. The number of aromatic carboxylic acids is 1. The first kappa shape index (κ1) is 15.2. The van der Waals surface area contributed by atoms with Crippen LogP contribution in [0, 0.1) is 6.92 Å². The number of rotatable bonds is 5. The smallest absolute Gasteiger partial charge is 0.341 e. The first-order valence-corrected chi connectivity index (χ1v) is 6.67. The Balaban J connectivity index is 2.03. The van der Waals surface area contributed by atoms with Gasteiger partial charge in [0.25, 0.3) is 5.56 Å². The molecule has 2 heterocycles. The van der Waals surface area contributed by atoms with Crippen LogP contribution < -0.4 is 10.9 Å². The number of nitrogens with one attached hydrogen (secondary N) is 1. The summed E-state index contributed by atoms with van der Waals surface area (Å²) < 4.78 is 6.24. The van der Waals surface area contributed by atoms with Crippen LogP contribution in [-0.2, 0) is 16.1 Å². The van der Waals surface area contributed by atoms with Crippen molar-refractivity contribution < 1.29 is 19.4 Å². The van der Waals surface area contributed by atoms with Crippen LogP contribution >= 0.6 is 0 Å². The molecule has 0 radical (unpaired) electrons. The van der Waals surface area contributed by atoms with Crippen LogP contribution in [0.3, 0.4) is 0 Å². The Morgan fingerprint density at radius 1 is 1.57 bits per heavy atom. The fraction of sp³-hybridized carbons (Fsp3) is 0.538. The maximum atomic E-state index is 11.9. The van der Waals surface area contributed by atoms with Crippen molar-refractivity contribution >= 4 is 11.9 Å². The molecule has 2 rings (SSSR count). The number of hydrogen-bond donors (Lipinski definition) is 2. The molecule has 0 bridgehead atoms. The summed E-state index contributed by atoms with van der Waals surface area (Å²) in [6.45, 7) is 2.33. The third kappa shape index (κ3) is 3.88. The number of carbonyl (C=O) groups is 2. The first-order valence-electron chi connectivity index (χ1n) is 6.67. The Bertz CT molecular complexity index is 604. The van der Waals surface area contributed by atoms with E-state index in [1.165, 1.54) is 6.07 Å². The van der Waals surface area contributed by atoms with E-state index in [0.29, 0.717) is 18.8 Å². The second-order valence-electron chi connectivity index (χ2n) is 4.91. The SMILES string of the molecule is Cc1cc(C(=O)O)c(=O)n(CC(=O)NC[C@@H]2CCCO2)n1. The van der Waals surface area contributed by atoms with Crippen molar-refractivity contribution in [2.75, 3.05) is 13.2 Å². The van der Waals surface area contributed by atoms with Gasteiger partial charge in [0.05, 0.1) is 11.8 Å². The van der Waals surface area contributed by atoms with E-state index in [1.54, 1.807) is 6.92 Å². The Hall–Kier alpha value is -2.22. The molecule has 8 heteroatoms. The Morgan fingerprint density at radius 2 is 2.33 bits per heavy atom. The molecule has 0 aromatic carbocycles. The summed E-state index contributed by atoms with van der Waals surface area (Å²) in [4.78, 5) is 34.6. The monoisotopic (exact) mass is 295 g/mol. The lowest BCUT2D eigenvalue weighted by Gasteiger charge is -2.11. The van der Waals surface area contributed by atoms with Gasteiger partial charge < -0.3 is 15.2 Å². The molecule has 1 saturated heterocycles. The Kier molecular flexibility index (Phi) is 4.69. The number of carboxylic acid groups (broad SMARTS) is 1. The molecule has 0 aliphatic carbocycles. The van der Waals surface area contributed by atoms with Gasteiger partial charge in [-0.05, 0) is 25.8 Å². The van der Waals surface area contributed by atoms with E-state index >= 15 is 0 Å². The molecule has 21 heavy (non-hydrogen) atoms. The minimum atomic E-state index is -1.33. The fourth-order valence-electron chi connectivity index (χ4n) is 2.16. The largest absolute Gasteiger partial charge is 0.477 e. The zero-order valence-electron chi connectivity index (χ0n) is 11.7. The average molecular weight is 295 g/mol. The quantitative estimate of drug-likeness (QED) is 0.761. The fourth-order valence-corrected chi connectivity index (χ4v) is 2.16. The molecule has 0 unspecified atom stereocenters. The summed E-state index contributed by atoms with van der Waals surface area (Å²) in [5.41, 5.74) is -0.825. The molecule has 1 amide bonds. The third-order valence-corrected chi connectivity index (χ3v) is 3.17. The van der Waals surface area contributed by atoms with E-state index < -0.39 is 23.0 Å². The van der Waals surface area contributed by atoms with Crippen LogP contribution in [0.5, 0.6) is 0 Å². The number of carbonyl (C=O) groups excluding carboxylic acids is 1. The summed E-state index contributed by atoms with van der Waals surface area (Å²) in [6.07, 6.45) is 1.87. The van der Waals surface area contributed by atoms with Gasteiger partial charge in [-0.25, -0.2) is 9.48 Å². The molecular formula is C13H17N3O5. The number of hydrogen-bond acceptors (Lipinski definition) is 5. The highest BCUT2D eigenvalue weighted by atomic mass is 16.5. The number of ether oxygens (including phenoxy) is 1. The van der Waals surface area contributed by atoms with Gasteiger partial charge in [-0.2, -0.15) is 5.10 Å². The van der Waals surface area contributed by atoms with Crippen LogP contribution in [-0.4, -0.2) is 46.0 Å². The van der Waals surface area contributed by atoms with Gasteiger partial charge in [-0.15, -0.1) is 0 Å². The predicted octanol–water partition coefficient (Wildman–Crippen LogP) is -0.455. The van der Waals surface area contributed by atoms with E-state index in [9.17, 15) is 14.4 Å². The first-order chi connectivity index (χ1) is 9.97. The number of aryl methyl sites for hydroxylation is 1. The van der Waals surface area contributed by atoms with Crippen molar-refractivity contribution in [3.63, 3.8) is 0 Å². The molecule has 8 nitrogen and oxygen atoms in total. The lowest BCUT2D eigenvalue weighted by atomic mass is 10.2. The zero-order chi connectivity index (χ0) is 15.4. The van der Waals surface area contributed by atoms with Gasteiger partial charge in [-0.1, -0.05) is 0 Å². The van der Waals surface area contributed by atoms with Gasteiger partial charge in [-0.3, -0.25) is 9.59 Å². The number of carboxylic acids is 1. The standard InChI is InChI=1S/C13H17N3O5/c1-8-5-10(13(19)20)12(18)16(15-8)7-11(17)14-6-9-3-2-4-21-9/h5,9H,2-4,6-7H2,1H3,(H,14,17)(H,19,20)/t9-/m0/s1. The van der Waals surface area contributed by atoms with Crippen LogP contribution in [0.1, 0.15) is 28.9 Å². The number of nitrogens with zero attached hydrogens (tertiary/aromatic N) is 2. The molecular weight excluding hydrogens is 278 g/mol. The average Bonchev–Trinajstić information content (AvgIpc) is 2.93. The topological polar surface area (TPSA) is 111 Å². The molecule has 114 valence electrons. The molecule has 1 aliphatic rings. The van der Waals surface area contributed by atoms with Crippen LogP contribution in [0.4, 0.5) is 0 Å². The van der Waals surface area contributed by atoms with Crippen molar-refractivity contribution in [2.45, 2.75) is 32.4 Å². The highest BCUT2D eigenvalue weighted by Crippen LogP contribution is 2.10. The third-order valence-electron chi connectivity index (χ3n) is 3.17. The van der Waals surface area contributed by atoms with Crippen molar-refractivity contribution in [2.24, 2.45) is 0 Å². The lowest BCUT2D eigenvalue weighted by Crippen LogP contribution is -2.38. The van der Waals surface area contributed by atoms with Crippen molar-refractivity contribution in [3.8, 4) is 0 Å². The maximum Gasteiger partial charge on any atom is 0.341 e. The van der Waals surface area contributed by atoms with Crippen LogP contribution in [0.2, 0.25) is 0 Å². The molecule has 1 aromatic heterocycles. The molecule has 1 aromatic rings. The summed E-state index contributed by atoms with van der Waals surface area (Å²) >= 11 is 0. The van der Waals surface area contributed by atoms with Gasteiger partial charge in [0.1, 0.15) is 12.1 Å². The normalized spacial score (nSPS) is 17.7. The second-order valence-corrected chi connectivity index (χ2v) is 4.91. The van der Waals surface area contributed by atoms with Gasteiger partial charge >= 0.3 is 5.97 Å². The predicted molar refractivity (Wildman–Crippen MR) is 72.2 cm³/mol. The van der Waals surface area contributed by atoms with Gasteiger partial charge in [0.15, 0.2) is 0 Å². The lowest BCUT2D eigenvalue weighted by molar-refractivity contribution is -0.122. The minimum absolute atomic E-state index is 0.00530. The molecule has 1 fully saturated rings. The molecule has 0 spiro atoms. The summed E-state index contributed by atoms with van der Waals surface area (Å²) in [7, 11) is 0. The second kappa shape index (κ2) is 6.49. The summed E-state index contributed by atoms with van der Waals surface area (Å²) in [6, 6.07) is 1.19. The zero-order valence-corrected chi connectivity index (χ0v) is 11.7. The summed E-state index contributed by atoms with van der Waals surface area (Å²) in [5.74, 6) is -1.74. The number of aromatic nitrogens is 2. The van der Waals surface area contributed by atoms with Crippen molar-refractivity contribution in [1.82, 2.24) is 15.1 Å². The Morgan fingerprint density at radius 3 is 2.95 bits per heavy atom. The minimum Gasteiger partial charge on any atom is -0.477 e. The highest BCUT2D eigenvalue weighted by Gasteiger charge is 2.18. The van der Waals surface area contributed by atoms with Crippen molar-refractivity contribution in [1.29, 1.82) is 0 Å². The van der Waals surface area contributed by atoms with Crippen LogP contribution in [0.25, 0.3) is 0 Å².